The smallest absolute Gasteiger partial charge is 0.238 e. The molecule has 1 aromatic carbocycles. The van der Waals surface area contributed by atoms with Crippen LogP contribution < -0.4 is 4.90 Å². The number of hydrogen-bond acceptors (Lipinski definition) is 2. The zero-order valence-corrected chi connectivity index (χ0v) is 15.1. The first-order chi connectivity index (χ1) is 12.1. The number of carbonyl (C=O) groups is 2. The van der Waals surface area contributed by atoms with E-state index in [1.165, 1.54) is 28.9 Å². The van der Waals surface area contributed by atoms with E-state index in [9.17, 15) is 9.59 Å². The van der Waals surface area contributed by atoms with E-state index in [2.05, 4.69) is 12.2 Å². The minimum Gasteiger partial charge on any atom is -0.274 e. The Morgan fingerprint density at radius 1 is 0.880 bits per heavy atom. The zero-order chi connectivity index (χ0) is 17.3. The average Bonchev–Trinajstić information content (AvgIpc) is 3.33. The van der Waals surface area contributed by atoms with Crippen LogP contribution in [0.5, 0.6) is 0 Å². The van der Waals surface area contributed by atoms with E-state index in [1.807, 2.05) is 0 Å². The third-order valence-corrected chi connectivity index (χ3v) is 6.93. The number of rotatable bonds is 1. The molecule has 4 atom stereocenters. The molecule has 0 unspecified atom stereocenters. The van der Waals surface area contributed by atoms with Crippen LogP contribution in [0.2, 0.25) is 10.0 Å². The van der Waals surface area contributed by atoms with Crippen molar-refractivity contribution in [1.29, 1.82) is 0 Å². The number of hydrogen-bond donors (Lipinski definition) is 0. The van der Waals surface area contributed by atoms with Crippen LogP contribution in [-0.2, 0) is 9.59 Å². The standard InChI is InChI=1S/C20H17Cl2NO2/c21-14-8-5-11(9-15(14)22)23-19(24)17-12-6-7-13(18(17)20(23)25)16(12)10-3-1-2-4-10/h5-9,12-13,17-18H,1-4H2/t12-,13+,17+,18-. The minimum atomic E-state index is -0.250. The molecular formula is C20H17Cl2NO2. The number of anilines is 1. The van der Waals surface area contributed by atoms with Crippen LogP contribution in [0.3, 0.4) is 0 Å². The Kier molecular flexibility index (Phi) is 3.42. The van der Waals surface area contributed by atoms with Gasteiger partial charge in [0.25, 0.3) is 0 Å². The second kappa shape index (κ2) is 5.46. The van der Waals surface area contributed by atoms with Gasteiger partial charge in [-0.25, -0.2) is 4.90 Å². The summed E-state index contributed by atoms with van der Waals surface area (Å²) in [7, 11) is 0. The lowest BCUT2D eigenvalue weighted by molar-refractivity contribution is -0.122. The molecule has 2 bridgehead atoms. The highest BCUT2D eigenvalue weighted by atomic mass is 35.5. The lowest BCUT2D eigenvalue weighted by Gasteiger charge is -2.20. The molecule has 5 heteroatoms. The summed E-state index contributed by atoms with van der Waals surface area (Å²) in [6.45, 7) is 0. The Morgan fingerprint density at radius 3 is 2.04 bits per heavy atom. The Hall–Kier alpha value is -1.58. The molecule has 4 aliphatic rings. The van der Waals surface area contributed by atoms with Crippen molar-refractivity contribution in [3.05, 3.63) is 51.5 Å². The number of nitrogens with zero attached hydrogens (tertiary/aromatic N) is 1. The molecule has 128 valence electrons. The molecule has 1 heterocycles. The topological polar surface area (TPSA) is 37.4 Å². The van der Waals surface area contributed by atoms with Gasteiger partial charge in [-0.15, -0.1) is 0 Å². The number of fused-ring (bicyclic) bond motifs is 5. The van der Waals surface area contributed by atoms with Crippen LogP contribution in [0.15, 0.2) is 41.5 Å². The lowest BCUT2D eigenvalue weighted by Crippen LogP contribution is -2.33. The fourth-order valence-electron chi connectivity index (χ4n) is 5.20. The fourth-order valence-corrected chi connectivity index (χ4v) is 5.50. The van der Waals surface area contributed by atoms with Gasteiger partial charge in [-0.05, 0) is 43.9 Å². The van der Waals surface area contributed by atoms with Gasteiger partial charge in [0.05, 0.1) is 27.6 Å². The fraction of sp³-hybridized carbons (Fsp3) is 0.400. The van der Waals surface area contributed by atoms with Crippen molar-refractivity contribution in [2.75, 3.05) is 4.90 Å². The molecule has 25 heavy (non-hydrogen) atoms. The zero-order valence-electron chi connectivity index (χ0n) is 13.5. The van der Waals surface area contributed by atoms with E-state index < -0.39 is 0 Å². The highest BCUT2D eigenvalue weighted by molar-refractivity contribution is 6.42. The number of allylic oxidation sites excluding steroid dienone is 4. The van der Waals surface area contributed by atoms with E-state index in [1.54, 1.807) is 18.2 Å². The molecule has 2 saturated carbocycles. The maximum Gasteiger partial charge on any atom is 0.238 e. The number of amides is 2. The van der Waals surface area contributed by atoms with Gasteiger partial charge in [0, 0.05) is 11.8 Å². The second-order valence-corrected chi connectivity index (χ2v) is 8.18. The van der Waals surface area contributed by atoms with Crippen LogP contribution >= 0.6 is 23.2 Å². The summed E-state index contributed by atoms with van der Waals surface area (Å²) in [5.41, 5.74) is 3.40. The van der Waals surface area contributed by atoms with Crippen LogP contribution in [0.1, 0.15) is 25.7 Å². The average molecular weight is 374 g/mol. The second-order valence-electron chi connectivity index (χ2n) is 7.36. The first-order valence-electron chi connectivity index (χ1n) is 8.81. The Balaban J connectivity index is 1.55. The van der Waals surface area contributed by atoms with Crippen LogP contribution in [0, 0.1) is 23.7 Å². The molecule has 2 amide bonds. The summed E-state index contributed by atoms with van der Waals surface area (Å²) in [6, 6.07) is 4.93. The maximum absolute atomic E-state index is 13.1. The predicted octanol–water partition coefficient (Wildman–Crippen LogP) is 4.79. The molecule has 5 rings (SSSR count). The van der Waals surface area contributed by atoms with E-state index >= 15 is 0 Å². The Morgan fingerprint density at radius 2 is 1.48 bits per heavy atom. The van der Waals surface area contributed by atoms with Crippen molar-refractivity contribution in [2.24, 2.45) is 23.7 Å². The first kappa shape index (κ1) is 15.7. The van der Waals surface area contributed by atoms with Gasteiger partial charge in [-0.2, -0.15) is 0 Å². The van der Waals surface area contributed by atoms with E-state index in [-0.39, 0.29) is 35.5 Å². The van der Waals surface area contributed by atoms with E-state index in [4.69, 9.17) is 23.2 Å². The molecule has 1 aromatic rings. The Labute approximate surface area is 156 Å². The van der Waals surface area contributed by atoms with Gasteiger partial charge < -0.3 is 0 Å². The summed E-state index contributed by atoms with van der Waals surface area (Å²) in [6.07, 6.45) is 9.01. The molecule has 0 aromatic heterocycles. The highest BCUT2D eigenvalue weighted by Gasteiger charge is 2.62. The molecular weight excluding hydrogens is 357 g/mol. The molecule has 1 aliphatic heterocycles. The number of imide groups is 1. The normalized spacial score (nSPS) is 33.1. The van der Waals surface area contributed by atoms with Gasteiger partial charge in [-0.1, -0.05) is 46.5 Å². The molecule has 3 aliphatic carbocycles. The number of benzene rings is 1. The third-order valence-electron chi connectivity index (χ3n) is 6.19. The quantitative estimate of drug-likeness (QED) is 0.524. The van der Waals surface area contributed by atoms with E-state index in [0.29, 0.717) is 15.7 Å². The van der Waals surface area contributed by atoms with Gasteiger partial charge >= 0.3 is 0 Å². The summed E-state index contributed by atoms with van der Waals surface area (Å²) in [4.78, 5) is 27.6. The molecule has 0 N–H and O–H groups in total. The van der Waals surface area contributed by atoms with Gasteiger partial charge in [0.15, 0.2) is 0 Å². The minimum absolute atomic E-state index is 0.0960. The molecule has 3 nitrogen and oxygen atoms in total. The van der Waals surface area contributed by atoms with Crippen molar-refractivity contribution in [3.63, 3.8) is 0 Å². The van der Waals surface area contributed by atoms with Crippen molar-refractivity contribution in [3.8, 4) is 0 Å². The van der Waals surface area contributed by atoms with Crippen molar-refractivity contribution >= 4 is 40.7 Å². The predicted molar refractivity (Wildman–Crippen MR) is 97.5 cm³/mol. The highest BCUT2D eigenvalue weighted by Crippen LogP contribution is 2.58. The van der Waals surface area contributed by atoms with Crippen LogP contribution in [0.25, 0.3) is 0 Å². The monoisotopic (exact) mass is 373 g/mol. The molecule has 0 spiro atoms. The molecule has 1 saturated heterocycles. The van der Waals surface area contributed by atoms with E-state index in [0.717, 1.165) is 12.8 Å². The van der Waals surface area contributed by atoms with Crippen molar-refractivity contribution in [2.45, 2.75) is 25.7 Å². The van der Waals surface area contributed by atoms with Gasteiger partial charge in [-0.3, -0.25) is 9.59 Å². The van der Waals surface area contributed by atoms with Crippen LogP contribution in [0.4, 0.5) is 5.69 Å². The summed E-state index contributed by atoms with van der Waals surface area (Å²) in [5, 5.41) is 0.770. The van der Waals surface area contributed by atoms with Crippen molar-refractivity contribution < 1.29 is 9.59 Å². The number of carbonyl (C=O) groups excluding carboxylic acids is 2. The maximum atomic E-state index is 13.1. The van der Waals surface area contributed by atoms with Crippen LogP contribution in [-0.4, -0.2) is 11.8 Å². The van der Waals surface area contributed by atoms with Crippen molar-refractivity contribution in [1.82, 2.24) is 0 Å². The molecule has 0 radical (unpaired) electrons. The SMILES string of the molecule is O=C1[C@@H]2[C@H](C(=O)N1c1ccc(Cl)c(Cl)c1)[C@H]1C=C[C@@H]2C1=C1CCCC1. The molecule has 3 fully saturated rings. The van der Waals surface area contributed by atoms with Gasteiger partial charge in [0.1, 0.15) is 0 Å². The summed E-state index contributed by atoms with van der Waals surface area (Å²) < 4.78 is 0. The largest absolute Gasteiger partial charge is 0.274 e. The third kappa shape index (κ3) is 2.06. The Bertz CT molecular complexity index is 830. The number of halogens is 2. The lowest BCUT2D eigenvalue weighted by atomic mass is 9.85. The summed E-state index contributed by atoms with van der Waals surface area (Å²) >= 11 is 12.1. The van der Waals surface area contributed by atoms with Gasteiger partial charge in [0.2, 0.25) is 11.8 Å². The first-order valence-corrected chi connectivity index (χ1v) is 9.56. The summed E-state index contributed by atoms with van der Waals surface area (Å²) in [5.74, 6) is -0.484.